The largest absolute Gasteiger partial charge is 0.388 e. The van der Waals surface area contributed by atoms with Crippen LogP contribution in [0.3, 0.4) is 0 Å². The van der Waals surface area contributed by atoms with Crippen LogP contribution < -0.4 is 0 Å². The fourth-order valence-corrected chi connectivity index (χ4v) is 2.23. The zero-order valence-corrected chi connectivity index (χ0v) is 7.21. The maximum Gasteiger partial charge on any atom is 0.0802 e. The molecule has 0 bridgehead atoms. The molecule has 1 N–H and O–H groups in total. The molecule has 1 aliphatic carbocycles. The Hall–Kier alpha value is -0.0800. The lowest BCUT2D eigenvalue weighted by Gasteiger charge is -2.37. The third-order valence-electron chi connectivity index (χ3n) is 3.03. The Labute approximate surface area is 68.2 Å². The van der Waals surface area contributed by atoms with Gasteiger partial charge in [0.05, 0.1) is 5.60 Å². The van der Waals surface area contributed by atoms with E-state index in [0.717, 1.165) is 19.5 Å². The average Bonchev–Trinajstić information content (AvgIpc) is 2.66. The molecular weight excluding hydrogens is 138 g/mol. The molecule has 0 aromatic carbocycles. The van der Waals surface area contributed by atoms with E-state index < -0.39 is 0 Å². The van der Waals surface area contributed by atoms with Crippen molar-refractivity contribution in [3.8, 4) is 0 Å². The van der Waals surface area contributed by atoms with Gasteiger partial charge in [-0.25, -0.2) is 0 Å². The number of likely N-dealkylation sites (tertiary alicyclic amines) is 1. The molecular formula is C9H17NO. The van der Waals surface area contributed by atoms with Gasteiger partial charge in [0.2, 0.25) is 0 Å². The Morgan fingerprint density at radius 1 is 1.45 bits per heavy atom. The van der Waals surface area contributed by atoms with Crippen LogP contribution in [0.2, 0.25) is 0 Å². The van der Waals surface area contributed by atoms with Crippen LogP contribution in [0.5, 0.6) is 0 Å². The highest BCUT2D eigenvalue weighted by Crippen LogP contribution is 2.43. The van der Waals surface area contributed by atoms with Crippen molar-refractivity contribution in [3.63, 3.8) is 0 Å². The van der Waals surface area contributed by atoms with Crippen molar-refractivity contribution in [2.45, 2.75) is 31.3 Å². The first-order valence-electron chi connectivity index (χ1n) is 4.62. The summed E-state index contributed by atoms with van der Waals surface area (Å²) in [5, 5.41) is 10.1. The van der Waals surface area contributed by atoms with E-state index in [2.05, 4.69) is 11.9 Å². The van der Waals surface area contributed by atoms with Gasteiger partial charge in [0.1, 0.15) is 0 Å². The Morgan fingerprint density at radius 3 is 2.73 bits per heavy atom. The molecule has 11 heavy (non-hydrogen) atoms. The van der Waals surface area contributed by atoms with Gasteiger partial charge in [0.15, 0.2) is 0 Å². The van der Waals surface area contributed by atoms with Crippen molar-refractivity contribution in [2.24, 2.45) is 5.92 Å². The molecule has 1 saturated carbocycles. The van der Waals surface area contributed by atoms with Gasteiger partial charge < -0.3 is 10.0 Å². The highest BCUT2D eigenvalue weighted by atomic mass is 16.3. The molecule has 1 heterocycles. The SMILES string of the molecule is CN1CCCC(O)(C2CC2)C1. The molecule has 2 rings (SSSR count). The molecule has 0 amide bonds. The number of piperidine rings is 1. The lowest BCUT2D eigenvalue weighted by molar-refractivity contribution is -0.0408. The van der Waals surface area contributed by atoms with Crippen molar-refractivity contribution in [3.05, 3.63) is 0 Å². The van der Waals surface area contributed by atoms with E-state index >= 15 is 0 Å². The van der Waals surface area contributed by atoms with E-state index in [4.69, 9.17) is 0 Å². The molecule has 2 nitrogen and oxygen atoms in total. The van der Waals surface area contributed by atoms with Gasteiger partial charge in [0, 0.05) is 6.54 Å². The van der Waals surface area contributed by atoms with Crippen molar-refractivity contribution < 1.29 is 5.11 Å². The predicted molar refractivity (Wildman–Crippen MR) is 44.4 cm³/mol. The number of hydrogen-bond acceptors (Lipinski definition) is 2. The smallest absolute Gasteiger partial charge is 0.0802 e. The third kappa shape index (κ3) is 1.42. The maximum absolute atomic E-state index is 10.1. The van der Waals surface area contributed by atoms with Crippen molar-refractivity contribution in [2.75, 3.05) is 20.1 Å². The van der Waals surface area contributed by atoms with Gasteiger partial charge >= 0.3 is 0 Å². The Balaban J connectivity index is 1.99. The first kappa shape index (κ1) is 7.56. The van der Waals surface area contributed by atoms with E-state index in [9.17, 15) is 5.11 Å². The van der Waals surface area contributed by atoms with E-state index in [-0.39, 0.29) is 5.60 Å². The van der Waals surface area contributed by atoms with Crippen molar-refractivity contribution in [1.82, 2.24) is 4.90 Å². The number of aliphatic hydroxyl groups is 1. The van der Waals surface area contributed by atoms with Crippen LogP contribution in [-0.2, 0) is 0 Å². The fourth-order valence-electron chi connectivity index (χ4n) is 2.23. The van der Waals surface area contributed by atoms with Gasteiger partial charge in [-0.3, -0.25) is 0 Å². The van der Waals surface area contributed by atoms with E-state index in [0.29, 0.717) is 5.92 Å². The molecule has 1 atom stereocenters. The van der Waals surface area contributed by atoms with Gasteiger partial charge in [-0.15, -0.1) is 0 Å². The summed E-state index contributed by atoms with van der Waals surface area (Å²) in [6.07, 6.45) is 4.71. The van der Waals surface area contributed by atoms with E-state index in [1.165, 1.54) is 19.3 Å². The van der Waals surface area contributed by atoms with Crippen molar-refractivity contribution in [1.29, 1.82) is 0 Å². The topological polar surface area (TPSA) is 23.5 Å². The Morgan fingerprint density at radius 2 is 2.18 bits per heavy atom. The molecule has 0 spiro atoms. The van der Waals surface area contributed by atoms with E-state index in [1.807, 2.05) is 0 Å². The number of hydrogen-bond donors (Lipinski definition) is 1. The first-order chi connectivity index (χ1) is 5.21. The summed E-state index contributed by atoms with van der Waals surface area (Å²) < 4.78 is 0. The molecule has 2 aliphatic rings. The van der Waals surface area contributed by atoms with Crippen LogP contribution in [0.4, 0.5) is 0 Å². The average molecular weight is 155 g/mol. The molecule has 0 aromatic rings. The zero-order valence-electron chi connectivity index (χ0n) is 7.21. The summed E-state index contributed by atoms with van der Waals surface area (Å²) in [5.41, 5.74) is -0.312. The Kier molecular flexibility index (Phi) is 1.69. The third-order valence-corrected chi connectivity index (χ3v) is 3.03. The van der Waals surface area contributed by atoms with Gasteiger partial charge in [-0.05, 0) is 45.2 Å². The summed E-state index contributed by atoms with van der Waals surface area (Å²) in [6, 6.07) is 0. The van der Waals surface area contributed by atoms with Crippen LogP contribution in [0, 0.1) is 5.92 Å². The number of β-amino-alcohol motifs (C(OH)–C–C–N with tert-alkyl or cyclic N) is 1. The second kappa shape index (κ2) is 2.46. The predicted octanol–water partition coefficient (Wildman–Crippen LogP) is 0.853. The first-order valence-corrected chi connectivity index (χ1v) is 4.62. The molecule has 2 heteroatoms. The van der Waals surface area contributed by atoms with Crippen LogP contribution in [0.25, 0.3) is 0 Å². The van der Waals surface area contributed by atoms with E-state index in [1.54, 1.807) is 0 Å². The minimum absolute atomic E-state index is 0.312. The van der Waals surface area contributed by atoms with Crippen LogP contribution >= 0.6 is 0 Å². The molecule has 1 unspecified atom stereocenters. The second-order valence-electron chi connectivity index (χ2n) is 4.22. The fraction of sp³-hybridized carbons (Fsp3) is 1.00. The Bertz CT molecular complexity index is 156. The van der Waals surface area contributed by atoms with Crippen LogP contribution in [0.1, 0.15) is 25.7 Å². The molecule has 64 valence electrons. The van der Waals surface area contributed by atoms with Crippen molar-refractivity contribution >= 4 is 0 Å². The highest BCUT2D eigenvalue weighted by Gasteiger charge is 2.45. The zero-order chi connectivity index (χ0) is 7.90. The molecule has 1 aliphatic heterocycles. The summed E-state index contributed by atoms with van der Waals surface area (Å²) in [7, 11) is 2.10. The lowest BCUT2D eigenvalue weighted by Crippen LogP contribution is -2.47. The number of likely N-dealkylation sites (N-methyl/N-ethyl adjacent to an activating group) is 1. The maximum atomic E-state index is 10.1. The standard InChI is InChI=1S/C9H17NO/c1-10-6-2-5-9(11,7-10)8-3-4-8/h8,11H,2-7H2,1H3. The minimum atomic E-state index is -0.312. The second-order valence-corrected chi connectivity index (χ2v) is 4.22. The number of rotatable bonds is 1. The quantitative estimate of drug-likeness (QED) is 0.607. The summed E-state index contributed by atoms with van der Waals surface area (Å²) in [6.45, 7) is 2.06. The van der Waals surface area contributed by atoms with Gasteiger partial charge in [-0.1, -0.05) is 0 Å². The summed E-state index contributed by atoms with van der Waals surface area (Å²) in [4.78, 5) is 2.25. The van der Waals surface area contributed by atoms with Crippen LogP contribution in [-0.4, -0.2) is 35.7 Å². The molecule has 0 aromatic heterocycles. The molecule has 0 radical (unpaired) electrons. The monoisotopic (exact) mass is 155 g/mol. The minimum Gasteiger partial charge on any atom is -0.388 e. The lowest BCUT2D eigenvalue weighted by atomic mass is 9.88. The van der Waals surface area contributed by atoms with Gasteiger partial charge in [0.25, 0.3) is 0 Å². The number of nitrogens with zero attached hydrogens (tertiary/aromatic N) is 1. The summed E-state index contributed by atoms with van der Waals surface area (Å²) in [5.74, 6) is 0.630. The highest BCUT2D eigenvalue weighted by molar-refractivity contribution is 4.98. The summed E-state index contributed by atoms with van der Waals surface area (Å²) >= 11 is 0. The normalized spacial score (nSPS) is 40.9. The molecule has 2 fully saturated rings. The molecule has 1 saturated heterocycles. The van der Waals surface area contributed by atoms with Gasteiger partial charge in [-0.2, -0.15) is 0 Å². The van der Waals surface area contributed by atoms with Crippen LogP contribution in [0.15, 0.2) is 0 Å².